The smallest absolute Gasteiger partial charge is 0.266 e. The lowest BCUT2D eigenvalue weighted by atomic mass is 10.1. The molecule has 0 unspecified atom stereocenters. The Hall–Kier alpha value is -2.41. The summed E-state index contributed by atoms with van der Waals surface area (Å²) in [5.41, 5.74) is 0.938. The summed E-state index contributed by atoms with van der Waals surface area (Å²) in [6, 6.07) is 1.34. The first-order valence-electron chi connectivity index (χ1n) is 6.72. The minimum Gasteiger partial charge on any atom is -0.332 e. The number of fused-ring (bicyclic) bond motifs is 1. The molecule has 114 valence electrons. The van der Waals surface area contributed by atoms with E-state index in [1.54, 1.807) is 11.8 Å². The molecule has 0 aromatic carbocycles. The van der Waals surface area contributed by atoms with E-state index in [2.05, 4.69) is 15.0 Å². The van der Waals surface area contributed by atoms with E-state index in [0.29, 0.717) is 35.6 Å². The van der Waals surface area contributed by atoms with Crippen LogP contribution in [0, 0.1) is 6.92 Å². The lowest BCUT2D eigenvalue weighted by molar-refractivity contribution is 0.0730. The van der Waals surface area contributed by atoms with Crippen molar-refractivity contribution in [3.05, 3.63) is 60.6 Å². The molecule has 0 atom stereocenters. The zero-order valence-electron chi connectivity index (χ0n) is 11.8. The van der Waals surface area contributed by atoms with E-state index in [1.807, 2.05) is 0 Å². The molecule has 0 aliphatic carbocycles. The molecule has 0 spiro atoms. The van der Waals surface area contributed by atoms with E-state index in [1.165, 1.54) is 12.3 Å². The second-order valence-electron chi connectivity index (χ2n) is 5.12. The number of carbonyl (C=O) groups excluding carboxylic acids is 1. The summed E-state index contributed by atoms with van der Waals surface area (Å²) in [5, 5.41) is -0.0336. The highest BCUT2D eigenvalue weighted by molar-refractivity contribution is 6.30. The Kier molecular flexibility index (Phi) is 3.58. The number of nitrogens with zero attached hydrogens (tertiary/aromatic N) is 2. The minimum absolute atomic E-state index is 0.0336. The van der Waals surface area contributed by atoms with Gasteiger partial charge >= 0.3 is 0 Å². The van der Waals surface area contributed by atoms with Gasteiger partial charge in [-0.3, -0.25) is 14.4 Å². The molecule has 0 radical (unpaired) electrons. The van der Waals surface area contributed by atoms with Gasteiger partial charge < -0.3 is 14.9 Å². The van der Waals surface area contributed by atoms with Crippen molar-refractivity contribution in [3.63, 3.8) is 0 Å². The summed E-state index contributed by atoms with van der Waals surface area (Å²) < 4.78 is 0. The van der Waals surface area contributed by atoms with Crippen LogP contribution in [-0.4, -0.2) is 32.3 Å². The summed E-state index contributed by atoms with van der Waals surface area (Å²) in [6.45, 7) is 2.37. The molecule has 1 aliphatic rings. The molecule has 3 rings (SSSR count). The monoisotopic (exact) mass is 320 g/mol. The van der Waals surface area contributed by atoms with Gasteiger partial charge in [-0.05, 0) is 19.4 Å². The van der Waals surface area contributed by atoms with E-state index in [9.17, 15) is 14.4 Å². The summed E-state index contributed by atoms with van der Waals surface area (Å²) in [5.74, 6) is 0.258. The number of aromatic amines is 2. The normalized spacial score (nSPS) is 13.8. The van der Waals surface area contributed by atoms with Crippen LogP contribution in [0.2, 0.25) is 5.02 Å². The third-order valence-corrected chi connectivity index (χ3v) is 3.86. The number of carbonyl (C=O) groups is 1. The van der Waals surface area contributed by atoms with Gasteiger partial charge in [0.15, 0.2) is 0 Å². The Balaban J connectivity index is 1.91. The Morgan fingerprint density at radius 2 is 2.14 bits per heavy atom. The van der Waals surface area contributed by atoms with Crippen LogP contribution >= 0.6 is 11.6 Å². The lowest BCUT2D eigenvalue weighted by Gasteiger charge is -2.27. The molecular weight excluding hydrogens is 308 g/mol. The fourth-order valence-electron chi connectivity index (χ4n) is 2.50. The fourth-order valence-corrected chi connectivity index (χ4v) is 2.67. The number of amides is 1. The van der Waals surface area contributed by atoms with Crippen molar-refractivity contribution in [1.82, 2.24) is 19.9 Å². The number of aryl methyl sites for hydroxylation is 1. The van der Waals surface area contributed by atoms with E-state index in [0.717, 1.165) is 0 Å². The molecule has 22 heavy (non-hydrogen) atoms. The number of hydrogen-bond acceptors (Lipinski definition) is 4. The first-order chi connectivity index (χ1) is 10.5. The molecule has 2 aromatic rings. The maximum Gasteiger partial charge on any atom is 0.266 e. The largest absolute Gasteiger partial charge is 0.332 e. The van der Waals surface area contributed by atoms with Crippen molar-refractivity contribution in [2.45, 2.75) is 19.9 Å². The van der Waals surface area contributed by atoms with Gasteiger partial charge in [0.2, 0.25) is 0 Å². The fraction of sp³-hybridized carbons (Fsp3) is 0.286. The predicted octanol–water partition coefficient (Wildman–Crippen LogP) is 0.619. The first-order valence-corrected chi connectivity index (χ1v) is 7.09. The van der Waals surface area contributed by atoms with Crippen molar-refractivity contribution in [2.75, 3.05) is 6.54 Å². The van der Waals surface area contributed by atoms with E-state index < -0.39 is 5.56 Å². The van der Waals surface area contributed by atoms with Gasteiger partial charge in [-0.25, -0.2) is 4.98 Å². The molecule has 1 aliphatic heterocycles. The van der Waals surface area contributed by atoms with Crippen LogP contribution in [0.25, 0.3) is 0 Å². The van der Waals surface area contributed by atoms with Gasteiger partial charge in [0.05, 0.1) is 17.8 Å². The average molecular weight is 321 g/mol. The van der Waals surface area contributed by atoms with Crippen LogP contribution in [0.5, 0.6) is 0 Å². The van der Waals surface area contributed by atoms with Gasteiger partial charge in [-0.1, -0.05) is 11.6 Å². The van der Waals surface area contributed by atoms with E-state index >= 15 is 0 Å². The van der Waals surface area contributed by atoms with Crippen LogP contribution < -0.4 is 11.1 Å². The molecule has 0 saturated heterocycles. The molecule has 3 heterocycles. The molecule has 8 heteroatoms. The van der Waals surface area contributed by atoms with Crippen LogP contribution in [0.1, 0.15) is 27.4 Å². The van der Waals surface area contributed by atoms with E-state index in [-0.39, 0.29) is 23.0 Å². The minimum atomic E-state index is -0.439. The first kappa shape index (κ1) is 14.5. The van der Waals surface area contributed by atoms with Gasteiger partial charge in [0.1, 0.15) is 10.8 Å². The van der Waals surface area contributed by atoms with Gasteiger partial charge in [-0.2, -0.15) is 0 Å². The number of pyridine rings is 1. The van der Waals surface area contributed by atoms with Crippen molar-refractivity contribution in [3.8, 4) is 0 Å². The maximum atomic E-state index is 12.5. The quantitative estimate of drug-likeness (QED) is 0.804. The lowest BCUT2D eigenvalue weighted by Crippen LogP contribution is -2.39. The molecule has 0 fully saturated rings. The number of hydrogen-bond donors (Lipinski definition) is 2. The summed E-state index contributed by atoms with van der Waals surface area (Å²) >= 11 is 5.75. The zero-order valence-corrected chi connectivity index (χ0v) is 12.5. The molecule has 7 nitrogen and oxygen atoms in total. The third-order valence-electron chi connectivity index (χ3n) is 3.58. The highest BCUT2D eigenvalue weighted by atomic mass is 35.5. The summed E-state index contributed by atoms with van der Waals surface area (Å²) in [7, 11) is 0. The third kappa shape index (κ3) is 2.55. The number of rotatable bonds is 1. The van der Waals surface area contributed by atoms with Crippen LogP contribution in [-0.2, 0) is 13.0 Å². The second-order valence-corrected chi connectivity index (χ2v) is 5.53. The number of H-pyrrole nitrogens is 2. The average Bonchev–Trinajstić information content (AvgIpc) is 2.48. The van der Waals surface area contributed by atoms with Crippen molar-refractivity contribution < 1.29 is 4.79 Å². The van der Waals surface area contributed by atoms with Crippen molar-refractivity contribution >= 4 is 17.5 Å². The molecule has 1 amide bonds. The number of aromatic nitrogens is 3. The van der Waals surface area contributed by atoms with Crippen LogP contribution in [0.3, 0.4) is 0 Å². The molecular formula is C14H13ClN4O3. The second kappa shape index (κ2) is 5.42. The van der Waals surface area contributed by atoms with Gasteiger partial charge in [0.25, 0.3) is 17.0 Å². The topological polar surface area (TPSA) is 98.9 Å². The summed E-state index contributed by atoms with van der Waals surface area (Å²) in [4.78, 5) is 46.5. The molecule has 2 aromatic heterocycles. The Morgan fingerprint density at radius 3 is 2.86 bits per heavy atom. The molecule has 0 saturated carbocycles. The van der Waals surface area contributed by atoms with Crippen LogP contribution in [0.4, 0.5) is 0 Å². The highest BCUT2D eigenvalue weighted by Gasteiger charge is 2.25. The Bertz CT molecular complexity index is 871. The molecule has 2 N–H and O–H groups in total. The Morgan fingerprint density at radius 1 is 1.36 bits per heavy atom. The van der Waals surface area contributed by atoms with Crippen molar-refractivity contribution in [1.29, 1.82) is 0 Å². The van der Waals surface area contributed by atoms with Crippen molar-refractivity contribution in [2.24, 2.45) is 0 Å². The number of halogens is 1. The standard InChI is InChI=1S/C14H13ClN4O3/c1-7-17-11-6-19(3-2-9(11)12(20)18-7)14(22)8-4-10(15)13(21)16-5-8/h4-5H,2-3,6H2,1H3,(H,16,21)(H,17,18,20). The zero-order chi connectivity index (χ0) is 15.9. The molecule has 0 bridgehead atoms. The number of nitrogens with one attached hydrogen (secondary N) is 2. The van der Waals surface area contributed by atoms with Gasteiger partial charge in [-0.15, -0.1) is 0 Å². The van der Waals surface area contributed by atoms with Crippen LogP contribution in [0.15, 0.2) is 21.9 Å². The van der Waals surface area contributed by atoms with Gasteiger partial charge in [0, 0.05) is 18.3 Å². The maximum absolute atomic E-state index is 12.5. The predicted molar refractivity (Wildman–Crippen MR) is 80.1 cm³/mol. The highest BCUT2D eigenvalue weighted by Crippen LogP contribution is 2.17. The SMILES string of the molecule is Cc1nc2c(c(=O)[nH]1)CCN(C(=O)c1c[nH]c(=O)c(Cl)c1)C2. The van der Waals surface area contributed by atoms with E-state index in [4.69, 9.17) is 11.6 Å². The Labute approximate surface area is 130 Å². The summed E-state index contributed by atoms with van der Waals surface area (Å²) in [6.07, 6.45) is 1.78.